The molecular weight excluding hydrogens is 354 g/mol. The third-order valence-corrected chi connectivity index (χ3v) is 3.64. The Bertz CT molecular complexity index is 423. The Balaban J connectivity index is 3.72. The zero-order chi connectivity index (χ0) is 20.3. The van der Waals surface area contributed by atoms with Crippen molar-refractivity contribution in [3.8, 4) is 0 Å². The van der Waals surface area contributed by atoms with Gasteiger partial charge in [-0.25, -0.2) is 0 Å². The SMILES string of the molecule is CNCCOCCOCCNC(=O)CCC(=O)NC(CCCCN)C(N)=O. The van der Waals surface area contributed by atoms with Gasteiger partial charge in [0.2, 0.25) is 17.7 Å². The van der Waals surface area contributed by atoms with Crippen LogP contribution in [0.2, 0.25) is 0 Å². The quantitative estimate of drug-likeness (QED) is 0.174. The minimum absolute atomic E-state index is 0.00728. The topological polar surface area (TPSA) is 158 Å². The van der Waals surface area contributed by atoms with Gasteiger partial charge in [-0.1, -0.05) is 0 Å². The molecule has 0 saturated carbocycles. The molecule has 10 nitrogen and oxygen atoms in total. The highest BCUT2D eigenvalue weighted by Crippen LogP contribution is 2.01. The van der Waals surface area contributed by atoms with Gasteiger partial charge in [-0.05, 0) is 32.9 Å². The van der Waals surface area contributed by atoms with Crippen molar-refractivity contribution in [1.82, 2.24) is 16.0 Å². The first-order chi connectivity index (χ1) is 13.0. The molecular formula is C17H35N5O5. The van der Waals surface area contributed by atoms with Crippen LogP contribution < -0.4 is 27.4 Å². The third kappa shape index (κ3) is 16.2. The van der Waals surface area contributed by atoms with Gasteiger partial charge < -0.3 is 36.9 Å². The number of likely N-dealkylation sites (N-methyl/N-ethyl adjacent to an activating group) is 1. The number of unbranched alkanes of at least 4 members (excludes halogenated alkanes) is 1. The summed E-state index contributed by atoms with van der Waals surface area (Å²) in [5.74, 6) is -1.22. The summed E-state index contributed by atoms with van der Waals surface area (Å²) in [6.07, 6.45) is 1.93. The van der Waals surface area contributed by atoms with Crippen LogP contribution in [0.25, 0.3) is 0 Å². The molecule has 0 aliphatic rings. The summed E-state index contributed by atoms with van der Waals surface area (Å²) in [6, 6.07) is -0.726. The van der Waals surface area contributed by atoms with Gasteiger partial charge in [0, 0.05) is 25.9 Å². The van der Waals surface area contributed by atoms with E-state index in [1.165, 1.54) is 0 Å². The highest BCUT2D eigenvalue weighted by atomic mass is 16.5. The van der Waals surface area contributed by atoms with Gasteiger partial charge in [0.25, 0.3) is 0 Å². The van der Waals surface area contributed by atoms with Crippen molar-refractivity contribution in [2.45, 2.75) is 38.1 Å². The summed E-state index contributed by atoms with van der Waals surface area (Å²) in [7, 11) is 1.85. The smallest absolute Gasteiger partial charge is 0.239 e. The predicted octanol–water partition coefficient (Wildman–Crippen LogP) is -1.77. The van der Waals surface area contributed by atoms with Crippen LogP contribution in [0.3, 0.4) is 0 Å². The van der Waals surface area contributed by atoms with Crippen molar-refractivity contribution >= 4 is 17.7 Å². The number of amides is 3. The number of nitrogens with two attached hydrogens (primary N) is 2. The average molecular weight is 389 g/mol. The van der Waals surface area contributed by atoms with Gasteiger partial charge in [-0.3, -0.25) is 14.4 Å². The van der Waals surface area contributed by atoms with E-state index in [1.807, 2.05) is 7.05 Å². The molecule has 0 bridgehead atoms. The van der Waals surface area contributed by atoms with E-state index < -0.39 is 11.9 Å². The number of carbonyl (C=O) groups is 3. The summed E-state index contributed by atoms with van der Waals surface area (Å²) >= 11 is 0. The molecule has 0 rings (SSSR count). The highest BCUT2D eigenvalue weighted by molar-refractivity contribution is 5.88. The number of nitrogens with one attached hydrogen (secondary N) is 3. The van der Waals surface area contributed by atoms with E-state index in [-0.39, 0.29) is 24.7 Å². The van der Waals surface area contributed by atoms with Crippen molar-refractivity contribution in [2.24, 2.45) is 11.5 Å². The van der Waals surface area contributed by atoms with Crippen LogP contribution in [0.4, 0.5) is 0 Å². The second kappa shape index (κ2) is 17.7. The van der Waals surface area contributed by atoms with Crippen molar-refractivity contribution in [3.05, 3.63) is 0 Å². The molecule has 158 valence electrons. The molecule has 0 aromatic rings. The summed E-state index contributed by atoms with van der Waals surface area (Å²) in [4.78, 5) is 34.9. The summed E-state index contributed by atoms with van der Waals surface area (Å²) in [5, 5.41) is 8.19. The van der Waals surface area contributed by atoms with E-state index in [2.05, 4.69) is 16.0 Å². The molecule has 0 radical (unpaired) electrons. The standard InChI is InChI=1S/C17H35N5O5/c1-20-8-10-26-12-13-27-11-9-21-15(23)5-6-16(24)22-14(17(19)25)4-2-3-7-18/h14,20H,2-13,18H2,1H3,(H2,19,25)(H,21,23)(H,22,24). The van der Waals surface area contributed by atoms with E-state index in [0.29, 0.717) is 52.4 Å². The number of carbonyl (C=O) groups excluding carboxylic acids is 3. The fraction of sp³-hybridized carbons (Fsp3) is 0.824. The number of ether oxygens (including phenoxy) is 2. The van der Waals surface area contributed by atoms with E-state index in [9.17, 15) is 14.4 Å². The van der Waals surface area contributed by atoms with Crippen LogP contribution >= 0.6 is 0 Å². The number of primary amides is 1. The molecule has 1 unspecified atom stereocenters. The maximum atomic E-state index is 11.9. The lowest BCUT2D eigenvalue weighted by atomic mass is 10.1. The third-order valence-electron chi connectivity index (χ3n) is 3.64. The molecule has 7 N–H and O–H groups in total. The maximum Gasteiger partial charge on any atom is 0.239 e. The summed E-state index contributed by atoms with van der Waals surface area (Å²) in [5.41, 5.74) is 10.7. The summed E-state index contributed by atoms with van der Waals surface area (Å²) < 4.78 is 10.6. The van der Waals surface area contributed by atoms with Crippen molar-refractivity contribution in [3.63, 3.8) is 0 Å². The Morgan fingerprint density at radius 2 is 1.56 bits per heavy atom. The van der Waals surface area contributed by atoms with Crippen LogP contribution in [0.15, 0.2) is 0 Å². The van der Waals surface area contributed by atoms with Gasteiger partial charge in [0.15, 0.2) is 0 Å². The van der Waals surface area contributed by atoms with Gasteiger partial charge in [-0.2, -0.15) is 0 Å². The number of rotatable bonds is 18. The molecule has 10 heteroatoms. The van der Waals surface area contributed by atoms with E-state index in [0.717, 1.165) is 13.0 Å². The first-order valence-electron chi connectivity index (χ1n) is 9.36. The minimum atomic E-state index is -0.726. The fourth-order valence-corrected chi connectivity index (χ4v) is 2.12. The molecule has 0 aliphatic heterocycles. The molecule has 3 amide bonds. The molecule has 0 saturated heterocycles. The second-order valence-electron chi connectivity index (χ2n) is 5.99. The van der Waals surface area contributed by atoms with Crippen LogP contribution in [-0.2, 0) is 23.9 Å². The Labute approximate surface area is 161 Å². The fourth-order valence-electron chi connectivity index (χ4n) is 2.12. The number of hydrogen-bond acceptors (Lipinski definition) is 7. The van der Waals surface area contributed by atoms with Crippen molar-refractivity contribution in [1.29, 1.82) is 0 Å². The van der Waals surface area contributed by atoms with Crippen LogP contribution in [0, 0.1) is 0 Å². The predicted molar refractivity (Wildman–Crippen MR) is 102 cm³/mol. The normalized spacial score (nSPS) is 11.8. The first-order valence-corrected chi connectivity index (χ1v) is 9.36. The molecule has 27 heavy (non-hydrogen) atoms. The van der Waals surface area contributed by atoms with E-state index in [4.69, 9.17) is 20.9 Å². The lowest BCUT2D eigenvalue weighted by molar-refractivity contribution is -0.129. The maximum absolute atomic E-state index is 11.9. The molecule has 0 aliphatic carbocycles. The summed E-state index contributed by atoms with van der Waals surface area (Å²) in [6.45, 7) is 3.63. The Kier molecular flexibility index (Phi) is 16.5. The molecule has 0 spiro atoms. The monoisotopic (exact) mass is 389 g/mol. The second-order valence-corrected chi connectivity index (χ2v) is 5.99. The minimum Gasteiger partial charge on any atom is -0.378 e. The van der Waals surface area contributed by atoms with Crippen LogP contribution in [-0.4, -0.2) is 76.9 Å². The van der Waals surface area contributed by atoms with Gasteiger partial charge in [-0.15, -0.1) is 0 Å². The van der Waals surface area contributed by atoms with E-state index >= 15 is 0 Å². The molecule has 0 fully saturated rings. The first kappa shape index (κ1) is 25.2. The van der Waals surface area contributed by atoms with Crippen molar-refractivity contribution in [2.75, 3.05) is 53.1 Å². The lowest BCUT2D eigenvalue weighted by Crippen LogP contribution is -2.44. The Hall–Kier alpha value is -1.75. The highest BCUT2D eigenvalue weighted by Gasteiger charge is 2.17. The largest absolute Gasteiger partial charge is 0.378 e. The van der Waals surface area contributed by atoms with Gasteiger partial charge in [0.1, 0.15) is 6.04 Å². The van der Waals surface area contributed by atoms with Crippen LogP contribution in [0.1, 0.15) is 32.1 Å². The van der Waals surface area contributed by atoms with Gasteiger partial charge >= 0.3 is 0 Å². The molecule has 0 heterocycles. The molecule has 0 aromatic carbocycles. The number of hydrogen-bond donors (Lipinski definition) is 5. The molecule has 1 atom stereocenters. The zero-order valence-electron chi connectivity index (χ0n) is 16.3. The Morgan fingerprint density at radius 1 is 0.926 bits per heavy atom. The lowest BCUT2D eigenvalue weighted by Gasteiger charge is -2.15. The Morgan fingerprint density at radius 3 is 2.15 bits per heavy atom. The zero-order valence-corrected chi connectivity index (χ0v) is 16.3. The average Bonchev–Trinajstić information content (AvgIpc) is 2.64. The van der Waals surface area contributed by atoms with Crippen molar-refractivity contribution < 1.29 is 23.9 Å². The van der Waals surface area contributed by atoms with Gasteiger partial charge in [0.05, 0.1) is 26.4 Å². The molecule has 0 aromatic heterocycles. The van der Waals surface area contributed by atoms with E-state index in [1.54, 1.807) is 0 Å². The van der Waals surface area contributed by atoms with Crippen LogP contribution in [0.5, 0.6) is 0 Å².